The van der Waals surface area contributed by atoms with Crippen molar-refractivity contribution < 1.29 is 14.6 Å². The van der Waals surface area contributed by atoms with Gasteiger partial charge in [-0.05, 0) is 30.7 Å². The minimum Gasteiger partial charge on any atom is -0.481 e. The van der Waals surface area contributed by atoms with Crippen LogP contribution in [-0.4, -0.2) is 26.0 Å². The second-order valence-electron chi connectivity index (χ2n) is 6.70. The highest BCUT2D eigenvalue weighted by Crippen LogP contribution is 2.35. The van der Waals surface area contributed by atoms with Crippen LogP contribution >= 0.6 is 23.1 Å². The van der Waals surface area contributed by atoms with Crippen molar-refractivity contribution in [3.05, 3.63) is 84.0 Å². The zero-order valence-electron chi connectivity index (χ0n) is 17.0. The highest BCUT2D eigenvalue weighted by atomic mass is 32.2. The quantitative estimate of drug-likeness (QED) is 0.421. The van der Waals surface area contributed by atoms with Gasteiger partial charge in [0.15, 0.2) is 16.7 Å². The topological polar surface area (TPSA) is 97.2 Å². The molecule has 0 radical (unpaired) electrons. The van der Waals surface area contributed by atoms with Gasteiger partial charge in [-0.25, -0.2) is 9.97 Å². The monoisotopic (exact) mass is 464 g/mol. The van der Waals surface area contributed by atoms with Crippen molar-refractivity contribution in [2.45, 2.75) is 29.1 Å². The van der Waals surface area contributed by atoms with Crippen molar-refractivity contribution in [2.75, 3.05) is 5.32 Å². The Bertz CT molecular complexity index is 1170. The molecule has 0 spiro atoms. The zero-order valence-corrected chi connectivity index (χ0v) is 18.6. The van der Waals surface area contributed by atoms with Gasteiger partial charge in [0.25, 0.3) is 0 Å². The number of hydrogen-bond acceptors (Lipinski definition) is 8. The highest BCUT2D eigenvalue weighted by Gasteiger charge is 2.13. The predicted octanol–water partition coefficient (Wildman–Crippen LogP) is 5.62. The van der Waals surface area contributed by atoms with Gasteiger partial charge in [0.1, 0.15) is 5.76 Å². The molecule has 0 bridgehead atoms. The number of carbonyl (C=O) groups is 1. The number of aromatic nitrogens is 3. The number of carboxylic acids is 1. The fourth-order valence-electron chi connectivity index (χ4n) is 2.77. The van der Waals surface area contributed by atoms with Gasteiger partial charge in [0.05, 0.1) is 12.1 Å². The summed E-state index contributed by atoms with van der Waals surface area (Å²) in [6.07, 6.45) is 16.4. The maximum absolute atomic E-state index is 10.8. The Labute approximate surface area is 193 Å². The summed E-state index contributed by atoms with van der Waals surface area (Å²) in [4.78, 5) is 25.9. The summed E-state index contributed by atoms with van der Waals surface area (Å²) in [5.74, 6) is 0.998. The molecule has 4 rings (SSSR count). The van der Waals surface area contributed by atoms with E-state index in [1.165, 1.54) is 11.3 Å². The lowest BCUT2D eigenvalue weighted by atomic mass is 10.2. The van der Waals surface area contributed by atoms with Crippen LogP contribution in [0.2, 0.25) is 0 Å². The number of thiazole rings is 1. The molecular weight excluding hydrogens is 444 g/mol. The third-order valence-electron chi connectivity index (χ3n) is 4.28. The van der Waals surface area contributed by atoms with Crippen LogP contribution in [0, 0.1) is 0 Å². The number of carboxylic acid groups (broad SMARTS) is 1. The van der Waals surface area contributed by atoms with Gasteiger partial charge in [-0.15, -0.1) is 11.3 Å². The van der Waals surface area contributed by atoms with E-state index in [1.54, 1.807) is 30.4 Å². The molecule has 1 aliphatic rings. The SMILES string of the molecule is O=C(O)CCc1csc(Nc2ncc(Sc3ccncc3)cc2OC2=CCC=CC=C2)n1. The van der Waals surface area contributed by atoms with E-state index in [2.05, 4.69) is 20.3 Å². The maximum Gasteiger partial charge on any atom is 0.303 e. The maximum atomic E-state index is 10.8. The molecule has 9 heteroatoms. The van der Waals surface area contributed by atoms with Crippen LogP contribution < -0.4 is 10.1 Å². The molecule has 0 saturated heterocycles. The summed E-state index contributed by atoms with van der Waals surface area (Å²) in [6, 6.07) is 5.81. The number of nitrogens with one attached hydrogen (secondary N) is 1. The van der Waals surface area contributed by atoms with Gasteiger partial charge in [-0.2, -0.15) is 0 Å². The van der Waals surface area contributed by atoms with Crippen molar-refractivity contribution >= 4 is 40.0 Å². The molecule has 7 nitrogen and oxygen atoms in total. The Balaban J connectivity index is 1.57. The normalized spacial score (nSPS) is 12.8. The third kappa shape index (κ3) is 6.29. The van der Waals surface area contributed by atoms with Crippen LogP contribution in [0.4, 0.5) is 10.9 Å². The second-order valence-corrected chi connectivity index (χ2v) is 8.70. The van der Waals surface area contributed by atoms with E-state index in [0.717, 1.165) is 27.7 Å². The number of allylic oxidation sites excluding steroid dienone is 5. The number of aliphatic carboxylic acids is 1. The van der Waals surface area contributed by atoms with Gasteiger partial charge in [0, 0.05) is 46.2 Å². The first-order chi connectivity index (χ1) is 15.7. The van der Waals surface area contributed by atoms with E-state index >= 15 is 0 Å². The summed E-state index contributed by atoms with van der Waals surface area (Å²) in [5.41, 5.74) is 0.729. The lowest BCUT2D eigenvalue weighted by Gasteiger charge is -2.13. The molecule has 0 atom stereocenters. The lowest BCUT2D eigenvalue weighted by molar-refractivity contribution is -0.136. The smallest absolute Gasteiger partial charge is 0.303 e. The zero-order chi connectivity index (χ0) is 22.2. The molecule has 0 amide bonds. The van der Waals surface area contributed by atoms with Gasteiger partial charge < -0.3 is 15.2 Å². The van der Waals surface area contributed by atoms with Crippen LogP contribution in [0.1, 0.15) is 18.5 Å². The average Bonchev–Trinajstić information content (AvgIpc) is 3.08. The summed E-state index contributed by atoms with van der Waals surface area (Å²) in [7, 11) is 0. The Kier molecular flexibility index (Phi) is 7.31. The van der Waals surface area contributed by atoms with Crippen LogP contribution in [-0.2, 0) is 11.2 Å². The first-order valence-electron chi connectivity index (χ1n) is 9.88. The van der Waals surface area contributed by atoms with Crippen molar-refractivity contribution in [1.82, 2.24) is 15.0 Å². The van der Waals surface area contributed by atoms with E-state index in [1.807, 2.05) is 54.0 Å². The standard InChI is InChI=1S/C23H20N4O3S2/c28-21(29)8-7-16-15-31-23(26-16)27-22-20(30-17-5-3-1-2-4-6-17)13-19(14-25-22)32-18-9-11-24-12-10-18/h1-3,5-6,9-15H,4,7-8H2,(H,28,29)(H,25,26,27). The second kappa shape index (κ2) is 10.7. The fourth-order valence-corrected chi connectivity index (χ4v) is 4.32. The van der Waals surface area contributed by atoms with Crippen molar-refractivity contribution in [3.63, 3.8) is 0 Å². The average molecular weight is 465 g/mol. The molecule has 0 saturated carbocycles. The van der Waals surface area contributed by atoms with E-state index < -0.39 is 5.97 Å². The van der Waals surface area contributed by atoms with Gasteiger partial charge in [-0.1, -0.05) is 30.0 Å². The summed E-state index contributed by atoms with van der Waals surface area (Å²) >= 11 is 2.97. The van der Waals surface area contributed by atoms with Crippen molar-refractivity contribution in [1.29, 1.82) is 0 Å². The molecular formula is C23H20N4O3S2. The van der Waals surface area contributed by atoms with E-state index in [4.69, 9.17) is 9.84 Å². The first-order valence-corrected chi connectivity index (χ1v) is 11.6. The van der Waals surface area contributed by atoms with Crippen molar-refractivity contribution in [3.8, 4) is 5.75 Å². The summed E-state index contributed by atoms with van der Waals surface area (Å²) in [6.45, 7) is 0. The van der Waals surface area contributed by atoms with Crippen LogP contribution in [0.5, 0.6) is 5.75 Å². The Morgan fingerprint density at radius 1 is 1.25 bits per heavy atom. The van der Waals surface area contributed by atoms with Crippen LogP contribution in [0.3, 0.4) is 0 Å². The minimum absolute atomic E-state index is 0.0469. The van der Waals surface area contributed by atoms with Crippen LogP contribution in [0.15, 0.2) is 88.1 Å². The Morgan fingerprint density at radius 2 is 2.12 bits per heavy atom. The number of hydrogen-bond donors (Lipinski definition) is 2. The van der Waals surface area contributed by atoms with E-state index in [9.17, 15) is 4.79 Å². The van der Waals surface area contributed by atoms with Gasteiger partial charge >= 0.3 is 5.97 Å². The van der Waals surface area contributed by atoms with Crippen molar-refractivity contribution in [2.24, 2.45) is 0 Å². The lowest BCUT2D eigenvalue weighted by Crippen LogP contribution is -2.01. The number of pyridine rings is 2. The van der Waals surface area contributed by atoms with E-state index in [0.29, 0.717) is 23.1 Å². The van der Waals surface area contributed by atoms with E-state index in [-0.39, 0.29) is 6.42 Å². The molecule has 2 N–H and O–H groups in total. The Hall–Kier alpha value is -3.43. The molecule has 1 aliphatic carbocycles. The number of aryl methyl sites for hydroxylation is 1. The van der Waals surface area contributed by atoms with Gasteiger partial charge in [-0.3, -0.25) is 9.78 Å². The summed E-state index contributed by atoms with van der Waals surface area (Å²) < 4.78 is 6.19. The number of rotatable bonds is 9. The summed E-state index contributed by atoms with van der Waals surface area (Å²) in [5, 5.41) is 14.6. The molecule has 3 aromatic rings. The number of nitrogens with zero attached hydrogens (tertiary/aromatic N) is 3. The van der Waals surface area contributed by atoms with Gasteiger partial charge in [0.2, 0.25) is 0 Å². The minimum atomic E-state index is -0.841. The molecule has 32 heavy (non-hydrogen) atoms. The number of ether oxygens (including phenoxy) is 1. The fraction of sp³-hybridized carbons (Fsp3) is 0.130. The molecule has 162 valence electrons. The van der Waals surface area contributed by atoms with Crippen LogP contribution in [0.25, 0.3) is 0 Å². The largest absolute Gasteiger partial charge is 0.481 e. The molecule has 0 aliphatic heterocycles. The predicted molar refractivity (Wildman–Crippen MR) is 126 cm³/mol. The Morgan fingerprint density at radius 3 is 2.97 bits per heavy atom. The third-order valence-corrected chi connectivity index (χ3v) is 6.05. The molecule has 3 aromatic heterocycles. The first kappa shape index (κ1) is 21.8. The number of anilines is 2. The molecule has 3 heterocycles. The molecule has 0 aromatic carbocycles. The highest BCUT2D eigenvalue weighted by molar-refractivity contribution is 7.99. The molecule has 0 unspecified atom stereocenters. The molecule has 0 fully saturated rings.